The Kier molecular flexibility index (Phi) is 4.54. The summed E-state index contributed by atoms with van der Waals surface area (Å²) in [6, 6.07) is 4.90. The van der Waals surface area contributed by atoms with Gasteiger partial charge in [-0.2, -0.15) is 0 Å². The second-order valence-corrected chi connectivity index (χ2v) is 5.48. The van der Waals surface area contributed by atoms with Gasteiger partial charge >= 0.3 is 11.7 Å². The fourth-order valence-corrected chi connectivity index (χ4v) is 2.73. The first-order chi connectivity index (χ1) is 10.0. The average Bonchev–Trinajstić information content (AvgIpc) is 2.89. The minimum absolute atomic E-state index is 0.185. The zero-order valence-electron chi connectivity index (χ0n) is 11.4. The molecule has 0 saturated heterocycles. The number of aliphatic carboxylic acids is 1. The van der Waals surface area contributed by atoms with Crippen molar-refractivity contribution < 1.29 is 9.90 Å². The number of aromatic nitrogens is 2. The van der Waals surface area contributed by atoms with Crippen molar-refractivity contribution in [3.05, 3.63) is 61.1 Å². The minimum atomic E-state index is -1.02. The van der Waals surface area contributed by atoms with E-state index in [1.54, 1.807) is 12.1 Å². The van der Waals surface area contributed by atoms with Crippen LogP contribution in [0.2, 0.25) is 0 Å². The van der Waals surface area contributed by atoms with Gasteiger partial charge in [-0.1, -0.05) is 0 Å². The van der Waals surface area contributed by atoms with Crippen LogP contribution in [-0.4, -0.2) is 20.2 Å². The number of thiophene rings is 1. The van der Waals surface area contributed by atoms with E-state index in [-0.39, 0.29) is 17.8 Å². The first-order valence-electron chi connectivity index (χ1n) is 6.31. The molecule has 0 aliphatic rings. The number of rotatable bonds is 5. The van der Waals surface area contributed by atoms with Crippen LogP contribution >= 0.6 is 11.3 Å². The topological polar surface area (TPSA) is 81.3 Å². The molecule has 1 N–H and O–H groups in total. The van der Waals surface area contributed by atoms with Crippen LogP contribution in [-0.2, 0) is 17.9 Å². The molecule has 110 valence electrons. The Hall–Kier alpha value is -2.41. The first-order valence-corrected chi connectivity index (χ1v) is 7.13. The van der Waals surface area contributed by atoms with Crippen LogP contribution < -0.4 is 11.2 Å². The van der Waals surface area contributed by atoms with Crippen LogP contribution in [0.3, 0.4) is 0 Å². The molecule has 2 aromatic heterocycles. The normalized spacial score (nSPS) is 11.1. The summed E-state index contributed by atoms with van der Waals surface area (Å²) in [7, 11) is 0. The van der Waals surface area contributed by atoms with Crippen molar-refractivity contribution in [1.82, 2.24) is 9.13 Å². The average molecular weight is 306 g/mol. The lowest BCUT2D eigenvalue weighted by Crippen LogP contribution is -2.38. The predicted molar refractivity (Wildman–Crippen MR) is 80.7 cm³/mol. The highest BCUT2D eigenvalue weighted by Gasteiger charge is 2.06. The SMILES string of the molecule is CCn1ccc(=O)n(Cc2ccc(C=CC(=O)O)s2)c1=O. The van der Waals surface area contributed by atoms with E-state index >= 15 is 0 Å². The number of hydrogen-bond donors (Lipinski definition) is 1. The van der Waals surface area contributed by atoms with Gasteiger partial charge in [0.1, 0.15) is 0 Å². The molecule has 2 heterocycles. The summed E-state index contributed by atoms with van der Waals surface area (Å²) < 4.78 is 2.63. The van der Waals surface area contributed by atoms with Gasteiger partial charge in [-0.25, -0.2) is 9.59 Å². The molecule has 0 radical (unpaired) electrons. The molecule has 7 heteroatoms. The van der Waals surface area contributed by atoms with Gasteiger partial charge in [-0.3, -0.25) is 9.36 Å². The first kappa shape index (κ1) is 15.0. The molecule has 2 aromatic rings. The Morgan fingerprint density at radius 1 is 1.33 bits per heavy atom. The van der Waals surface area contributed by atoms with Crippen molar-refractivity contribution in [2.45, 2.75) is 20.0 Å². The molecular formula is C14H14N2O4S. The van der Waals surface area contributed by atoms with E-state index < -0.39 is 5.97 Å². The van der Waals surface area contributed by atoms with Crippen molar-refractivity contribution in [2.24, 2.45) is 0 Å². The lowest BCUT2D eigenvalue weighted by atomic mass is 10.4. The Bertz CT molecular complexity index is 798. The molecule has 0 amide bonds. The number of carboxylic acids is 1. The molecule has 21 heavy (non-hydrogen) atoms. The highest BCUT2D eigenvalue weighted by molar-refractivity contribution is 7.12. The maximum atomic E-state index is 12.1. The van der Waals surface area contributed by atoms with E-state index in [0.717, 1.165) is 15.8 Å². The number of carbonyl (C=O) groups is 1. The number of carboxylic acid groups (broad SMARTS) is 1. The fraction of sp³-hybridized carbons (Fsp3) is 0.214. The molecule has 0 spiro atoms. The fourth-order valence-electron chi connectivity index (χ4n) is 1.82. The Morgan fingerprint density at radius 2 is 2.10 bits per heavy atom. The molecular weight excluding hydrogens is 292 g/mol. The van der Waals surface area contributed by atoms with E-state index in [9.17, 15) is 14.4 Å². The number of aryl methyl sites for hydroxylation is 1. The van der Waals surface area contributed by atoms with Gasteiger partial charge in [0.25, 0.3) is 5.56 Å². The third-order valence-corrected chi connectivity index (χ3v) is 3.90. The second-order valence-electron chi connectivity index (χ2n) is 4.28. The molecule has 0 aromatic carbocycles. The zero-order chi connectivity index (χ0) is 15.4. The Labute approximate surface area is 124 Å². The molecule has 0 atom stereocenters. The third kappa shape index (κ3) is 3.57. The van der Waals surface area contributed by atoms with Crippen LogP contribution in [0.4, 0.5) is 0 Å². The van der Waals surface area contributed by atoms with Crippen molar-refractivity contribution in [1.29, 1.82) is 0 Å². The molecule has 2 rings (SSSR count). The monoisotopic (exact) mass is 306 g/mol. The van der Waals surface area contributed by atoms with Crippen molar-refractivity contribution in [2.75, 3.05) is 0 Å². The highest BCUT2D eigenvalue weighted by Crippen LogP contribution is 2.18. The van der Waals surface area contributed by atoms with E-state index in [1.807, 2.05) is 6.92 Å². The van der Waals surface area contributed by atoms with Crippen LogP contribution in [0.5, 0.6) is 0 Å². The Morgan fingerprint density at radius 3 is 2.76 bits per heavy atom. The second kappa shape index (κ2) is 6.36. The Balaban J connectivity index is 2.29. The summed E-state index contributed by atoms with van der Waals surface area (Å²) in [6.07, 6.45) is 4.01. The zero-order valence-corrected chi connectivity index (χ0v) is 12.2. The predicted octanol–water partition coefficient (Wildman–Crippen LogP) is 1.24. The van der Waals surface area contributed by atoms with Gasteiger partial charge < -0.3 is 9.67 Å². The largest absolute Gasteiger partial charge is 0.478 e. The summed E-state index contributed by atoms with van der Waals surface area (Å²) in [6.45, 7) is 2.51. The molecule has 0 fully saturated rings. The van der Waals surface area contributed by atoms with Gasteiger partial charge in [0.15, 0.2) is 0 Å². The molecule has 0 bridgehead atoms. The van der Waals surface area contributed by atoms with Crippen molar-refractivity contribution in [3.63, 3.8) is 0 Å². The highest BCUT2D eigenvalue weighted by atomic mass is 32.1. The molecule has 0 saturated carbocycles. The van der Waals surface area contributed by atoms with Crippen molar-refractivity contribution >= 4 is 23.4 Å². The van der Waals surface area contributed by atoms with Gasteiger partial charge in [0, 0.05) is 34.6 Å². The molecule has 0 aliphatic heterocycles. The smallest absolute Gasteiger partial charge is 0.331 e. The molecule has 6 nitrogen and oxygen atoms in total. The van der Waals surface area contributed by atoms with Gasteiger partial charge in [0.05, 0.1) is 6.54 Å². The van der Waals surface area contributed by atoms with E-state index in [2.05, 4.69) is 0 Å². The van der Waals surface area contributed by atoms with Crippen molar-refractivity contribution in [3.8, 4) is 0 Å². The van der Waals surface area contributed by atoms with Crippen LogP contribution in [0.25, 0.3) is 6.08 Å². The summed E-state index contributed by atoms with van der Waals surface area (Å²) in [5.74, 6) is -1.02. The van der Waals surface area contributed by atoms with E-state index in [1.165, 1.54) is 38.8 Å². The third-order valence-electron chi connectivity index (χ3n) is 2.87. The van der Waals surface area contributed by atoms with E-state index in [4.69, 9.17) is 5.11 Å². The quantitative estimate of drug-likeness (QED) is 0.843. The van der Waals surface area contributed by atoms with Crippen LogP contribution in [0, 0.1) is 0 Å². The maximum absolute atomic E-state index is 12.1. The lowest BCUT2D eigenvalue weighted by molar-refractivity contribution is -0.131. The van der Waals surface area contributed by atoms with E-state index in [0.29, 0.717) is 6.54 Å². The van der Waals surface area contributed by atoms with Gasteiger partial charge in [-0.15, -0.1) is 11.3 Å². The number of nitrogens with zero attached hydrogens (tertiary/aromatic N) is 2. The molecule has 0 unspecified atom stereocenters. The molecule has 0 aliphatic carbocycles. The lowest BCUT2D eigenvalue weighted by Gasteiger charge is -2.06. The summed E-state index contributed by atoms with van der Waals surface area (Å²) >= 11 is 1.34. The summed E-state index contributed by atoms with van der Waals surface area (Å²) in [5, 5.41) is 8.58. The van der Waals surface area contributed by atoms with Crippen LogP contribution in [0.15, 0.2) is 40.1 Å². The van der Waals surface area contributed by atoms with Gasteiger partial charge in [-0.05, 0) is 25.1 Å². The maximum Gasteiger partial charge on any atom is 0.331 e. The van der Waals surface area contributed by atoms with Gasteiger partial charge in [0.2, 0.25) is 0 Å². The standard InChI is InChI=1S/C14H14N2O4S/c1-2-15-8-7-12(17)16(14(15)20)9-11-4-3-10(21-11)5-6-13(18)19/h3-8H,2,9H2,1H3,(H,18,19). The number of hydrogen-bond acceptors (Lipinski definition) is 4. The minimum Gasteiger partial charge on any atom is -0.478 e. The van der Waals surface area contributed by atoms with Crippen LogP contribution in [0.1, 0.15) is 16.7 Å². The summed E-state index contributed by atoms with van der Waals surface area (Å²) in [4.78, 5) is 35.9. The summed E-state index contributed by atoms with van der Waals surface area (Å²) in [5.41, 5.74) is -0.693.